The second-order valence-corrected chi connectivity index (χ2v) is 6.11. The first-order valence-corrected chi connectivity index (χ1v) is 6.43. The molecule has 0 aliphatic carbocycles. The minimum absolute atomic E-state index is 0. The van der Waals surface area contributed by atoms with Crippen LogP contribution in [-0.4, -0.2) is 19.8 Å². The van der Waals surface area contributed by atoms with Gasteiger partial charge < -0.3 is 10.1 Å². The summed E-state index contributed by atoms with van der Waals surface area (Å²) in [6, 6.07) is 2.50. The number of rotatable bonds is 1. The number of halogens is 3. The summed E-state index contributed by atoms with van der Waals surface area (Å²) in [5, 5.41) is 3.42. The lowest BCUT2D eigenvalue weighted by Crippen LogP contribution is -2.33. The molecule has 1 aromatic heterocycles. The summed E-state index contributed by atoms with van der Waals surface area (Å²) in [5.74, 6) is 0. The molecule has 6 heteroatoms. The highest BCUT2D eigenvalue weighted by atomic mass is 79.9. The number of morpholine rings is 1. The Balaban J connectivity index is 0.000000980. The number of nitrogens with one attached hydrogen (secondary N) is 1. The Morgan fingerprint density at radius 3 is 2.79 bits per heavy atom. The molecule has 0 bridgehead atoms. The first kappa shape index (κ1) is 12.9. The van der Waals surface area contributed by atoms with Crippen molar-refractivity contribution in [2.75, 3.05) is 19.8 Å². The molecule has 0 radical (unpaired) electrons. The molecule has 1 fully saturated rings. The second-order valence-electron chi connectivity index (χ2n) is 2.85. The Kier molecular flexibility index (Phi) is 5.38. The van der Waals surface area contributed by atoms with Gasteiger partial charge in [-0.05, 0) is 37.9 Å². The molecule has 1 N–H and O–H groups in total. The van der Waals surface area contributed by atoms with Gasteiger partial charge in [-0.2, -0.15) is 0 Å². The molecule has 80 valence electrons. The van der Waals surface area contributed by atoms with E-state index in [0.29, 0.717) is 6.04 Å². The molecule has 14 heavy (non-hydrogen) atoms. The van der Waals surface area contributed by atoms with E-state index in [-0.39, 0.29) is 12.4 Å². The van der Waals surface area contributed by atoms with E-state index in [9.17, 15) is 0 Å². The van der Waals surface area contributed by atoms with Gasteiger partial charge in [-0.15, -0.1) is 23.7 Å². The SMILES string of the molecule is Brc1cc([C@@H]2COCCN2)sc1Br.Cl. The van der Waals surface area contributed by atoms with Gasteiger partial charge in [0.15, 0.2) is 0 Å². The lowest BCUT2D eigenvalue weighted by Gasteiger charge is -2.22. The summed E-state index contributed by atoms with van der Waals surface area (Å²) in [6.07, 6.45) is 0. The fraction of sp³-hybridized carbons (Fsp3) is 0.500. The fourth-order valence-corrected chi connectivity index (χ4v) is 3.43. The van der Waals surface area contributed by atoms with E-state index in [1.807, 2.05) is 0 Å². The van der Waals surface area contributed by atoms with Crippen molar-refractivity contribution in [3.63, 3.8) is 0 Å². The molecule has 0 saturated carbocycles. The van der Waals surface area contributed by atoms with Crippen molar-refractivity contribution >= 4 is 55.6 Å². The minimum atomic E-state index is 0. The summed E-state index contributed by atoms with van der Waals surface area (Å²) >= 11 is 8.71. The summed E-state index contributed by atoms with van der Waals surface area (Å²) < 4.78 is 7.67. The van der Waals surface area contributed by atoms with Crippen LogP contribution in [0.4, 0.5) is 0 Å². The van der Waals surface area contributed by atoms with Crippen LogP contribution in [0.3, 0.4) is 0 Å². The molecule has 0 aromatic carbocycles. The van der Waals surface area contributed by atoms with E-state index >= 15 is 0 Å². The molecular weight excluding hydrogens is 353 g/mol. The van der Waals surface area contributed by atoms with Crippen LogP contribution >= 0.6 is 55.6 Å². The Morgan fingerprint density at radius 2 is 2.29 bits per heavy atom. The van der Waals surface area contributed by atoms with Crippen molar-refractivity contribution in [3.05, 3.63) is 19.2 Å². The highest BCUT2D eigenvalue weighted by molar-refractivity contribution is 9.13. The molecule has 1 aliphatic heterocycles. The summed E-state index contributed by atoms with van der Waals surface area (Å²) in [5.41, 5.74) is 0. The van der Waals surface area contributed by atoms with Gasteiger partial charge >= 0.3 is 0 Å². The Bertz CT molecular complexity index is 282. The van der Waals surface area contributed by atoms with Gasteiger partial charge in [0.05, 0.1) is 23.0 Å². The van der Waals surface area contributed by atoms with Gasteiger partial charge in [0, 0.05) is 15.9 Å². The zero-order valence-corrected chi connectivity index (χ0v) is 12.1. The minimum Gasteiger partial charge on any atom is -0.378 e. The highest BCUT2D eigenvalue weighted by Crippen LogP contribution is 2.35. The van der Waals surface area contributed by atoms with Crippen molar-refractivity contribution in [1.82, 2.24) is 5.32 Å². The maximum Gasteiger partial charge on any atom is 0.0843 e. The zero-order chi connectivity index (χ0) is 9.26. The van der Waals surface area contributed by atoms with Crippen molar-refractivity contribution in [2.45, 2.75) is 6.04 Å². The molecule has 1 atom stereocenters. The van der Waals surface area contributed by atoms with Crippen molar-refractivity contribution in [2.24, 2.45) is 0 Å². The third-order valence-corrected chi connectivity index (χ3v) is 5.30. The predicted molar refractivity (Wildman–Crippen MR) is 68.5 cm³/mol. The Hall–Kier alpha value is 0.870. The van der Waals surface area contributed by atoms with Crippen LogP contribution in [0, 0.1) is 0 Å². The third-order valence-electron chi connectivity index (χ3n) is 1.93. The molecular formula is C8H10Br2ClNOS. The van der Waals surface area contributed by atoms with E-state index in [2.05, 4.69) is 43.2 Å². The number of hydrogen-bond donors (Lipinski definition) is 1. The molecule has 2 rings (SSSR count). The van der Waals surface area contributed by atoms with E-state index < -0.39 is 0 Å². The average Bonchev–Trinajstić information content (AvgIpc) is 2.49. The Labute approximate surface area is 110 Å². The van der Waals surface area contributed by atoms with Gasteiger partial charge in [-0.1, -0.05) is 0 Å². The van der Waals surface area contributed by atoms with Crippen LogP contribution < -0.4 is 5.32 Å². The normalized spacial score (nSPS) is 21.7. The summed E-state index contributed by atoms with van der Waals surface area (Å²) in [7, 11) is 0. The molecule has 0 spiro atoms. The molecule has 1 saturated heterocycles. The lowest BCUT2D eigenvalue weighted by molar-refractivity contribution is 0.0779. The van der Waals surface area contributed by atoms with Crippen LogP contribution in [-0.2, 0) is 4.74 Å². The van der Waals surface area contributed by atoms with Crippen LogP contribution in [0.1, 0.15) is 10.9 Å². The third kappa shape index (κ3) is 2.93. The molecule has 2 nitrogen and oxygen atoms in total. The summed E-state index contributed by atoms with van der Waals surface area (Å²) in [4.78, 5) is 1.32. The van der Waals surface area contributed by atoms with E-state index in [1.165, 1.54) is 4.88 Å². The summed E-state index contributed by atoms with van der Waals surface area (Å²) in [6.45, 7) is 2.54. The molecule has 1 aromatic rings. The smallest absolute Gasteiger partial charge is 0.0843 e. The molecule has 0 amide bonds. The Morgan fingerprint density at radius 1 is 1.50 bits per heavy atom. The van der Waals surface area contributed by atoms with Gasteiger partial charge in [-0.25, -0.2) is 0 Å². The van der Waals surface area contributed by atoms with E-state index in [0.717, 1.165) is 28.0 Å². The quantitative estimate of drug-likeness (QED) is 0.826. The predicted octanol–water partition coefficient (Wildman–Crippen LogP) is 3.36. The highest BCUT2D eigenvalue weighted by Gasteiger charge is 2.18. The van der Waals surface area contributed by atoms with Gasteiger partial charge in [0.2, 0.25) is 0 Å². The average molecular weight is 364 g/mol. The number of ether oxygens (including phenoxy) is 1. The number of hydrogen-bond acceptors (Lipinski definition) is 3. The van der Waals surface area contributed by atoms with Gasteiger partial charge in [0.25, 0.3) is 0 Å². The maximum absolute atomic E-state index is 5.40. The first-order chi connectivity index (χ1) is 6.27. The first-order valence-electron chi connectivity index (χ1n) is 4.03. The lowest BCUT2D eigenvalue weighted by atomic mass is 10.2. The largest absolute Gasteiger partial charge is 0.378 e. The number of thiophene rings is 1. The monoisotopic (exact) mass is 361 g/mol. The molecule has 0 unspecified atom stereocenters. The van der Waals surface area contributed by atoms with Crippen LogP contribution in [0.5, 0.6) is 0 Å². The van der Waals surface area contributed by atoms with Crippen molar-refractivity contribution in [1.29, 1.82) is 0 Å². The van der Waals surface area contributed by atoms with Crippen LogP contribution in [0.2, 0.25) is 0 Å². The maximum atomic E-state index is 5.40. The fourth-order valence-electron chi connectivity index (χ4n) is 1.28. The zero-order valence-electron chi connectivity index (χ0n) is 7.26. The van der Waals surface area contributed by atoms with E-state index in [1.54, 1.807) is 11.3 Å². The van der Waals surface area contributed by atoms with Crippen molar-refractivity contribution < 1.29 is 4.74 Å². The van der Waals surface area contributed by atoms with Crippen LogP contribution in [0.25, 0.3) is 0 Å². The van der Waals surface area contributed by atoms with Gasteiger partial charge in [-0.3, -0.25) is 0 Å². The topological polar surface area (TPSA) is 21.3 Å². The molecule has 1 aliphatic rings. The van der Waals surface area contributed by atoms with Crippen molar-refractivity contribution in [3.8, 4) is 0 Å². The van der Waals surface area contributed by atoms with Crippen LogP contribution in [0.15, 0.2) is 14.3 Å². The van der Waals surface area contributed by atoms with Gasteiger partial charge in [0.1, 0.15) is 0 Å². The second kappa shape index (κ2) is 5.82. The standard InChI is InChI=1S/C8H9Br2NOS.ClH/c9-5-3-7(13-8(5)10)6-4-12-2-1-11-6;/h3,6,11H,1-2,4H2;1H/t6-;/m0./s1. The molecule has 2 heterocycles. The van der Waals surface area contributed by atoms with E-state index in [4.69, 9.17) is 4.74 Å².